The first-order valence-electron chi connectivity index (χ1n) is 10.5. The van der Waals surface area contributed by atoms with Gasteiger partial charge in [-0.3, -0.25) is 9.69 Å². The fraction of sp³-hybridized carbons (Fsp3) is 0.391. The lowest BCUT2D eigenvalue weighted by molar-refractivity contribution is -0.135. The summed E-state index contributed by atoms with van der Waals surface area (Å²) in [6, 6.07) is 11.0. The van der Waals surface area contributed by atoms with Crippen LogP contribution in [0.4, 0.5) is 13.6 Å². The van der Waals surface area contributed by atoms with Gasteiger partial charge in [0.05, 0.1) is 6.04 Å². The molecule has 0 aromatic heterocycles. The van der Waals surface area contributed by atoms with E-state index in [1.807, 2.05) is 6.26 Å². The quantitative estimate of drug-likeness (QED) is 0.632. The Morgan fingerprint density at radius 1 is 0.969 bits per heavy atom. The molecule has 1 atom stereocenters. The fourth-order valence-electron chi connectivity index (χ4n) is 3.99. The Bertz CT molecular complexity index is 858. The number of nitrogens with two attached hydrogens (primary N) is 1. The van der Waals surface area contributed by atoms with Crippen LogP contribution in [0.25, 0.3) is 0 Å². The molecule has 1 heterocycles. The van der Waals surface area contributed by atoms with E-state index in [9.17, 15) is 18.4 Å². The SMILES string of the molecule is CSCCC(NC(N)=O)C(=O)N1CCN(C(c2ccc(F)cc2)c2ccc(F)cc2)CC1. The number of hydrogen-bond acceptors (Lipinski definition) is 4. The van der Waals surface area contributed by atoms with Crippen molar-refractivity contribution in [3.8, 4) is 0 Å². The van der Waals surface area contributed by atoms with E-state index in [1.165, 1.54) is 24.3 Å². The molecule has 3 N–H and O–H groups in total. The molecule has 0 saturated carbocycles. The Hall–Kier alpha value is -2.65. The predicted molar refractivity (Wildman–Crippen MR) is 122 cm³/mol. The van der Waals surface area contributed by atoms with E-state index < -0.39 is 12.1 Å². The lowest BCUT2D eigenvalue weighted by Crippen LogP contribution is -2.56. The number of carbonyl (C=O) groups is 2. The van der Waals surface area contributed by atoms with Crippen molar-refractivity contribution in [2.24, 2.45) is 5.73 Å². The van der Waals surface area contributed by atoms with Crippen molar-refractivity contribution in [3.05, 3.63) is 71.3 Å². The standard InChI is InChI=1S/C23H28F2N4O2S/c1-32-15-10-20(27-23(26)31)22(30)29-13-11-28(12-14-29)21(16-2-6-18(24)7-3-16)17-4-8-19(25)9-5-17/h2-9,20-21H,10-15H2,1H3,(H3,26,27,31). The maximum atomic E-state index is 13.5. The van der Waals surface area contributed by atoms with Crippen molar-refractivity contribution in [1.29, 1.82) is 0 Å². The zero-order valence-electron chi connectivity index (χ0n) is 18.0. The van der Waals surface area contributed by atoms with Crippen molar-refractivity contribution in [1.82, 2.24) is 15.1 Å². The van der Waals surface area contributed by atoms with Gasteiger partial charge in [0.15, 0.2) is 0 Å². The molecule has 1 aliphatic rings. The first-order chi connectivity index (χ1) is 15.4. The molecular formula is C23H28F2N4O2S. The molecule has 2 aromatic carbocycles. The zero-order chi connectivity index (χ0) is 23.1. The van der Waals surface area contributed by atoms with Crippen LogP contribution in [0, 0.1) is 11.6 Å². The number of carbonyl (C=O) groups excluding carboxylic acids is 2. The Labute approximate surface area is 191 Å². The molecule has 0 bridgehead atoms. The zero-order valence-corrected chi connectivity index (χ0v) is 18.8. The fourth-order valence-corrected chi connectivity index (χ4v) is 4.46. The topological polar surface area (TPSA) is 78.7 Å². The van der Waals surface area contributed by atoms with Gasteiger partial charge in [0.1, 0.15) is 17.7 Å². The number of amides is 3. The van der Waals surface area contributed by atoms with Crippen molar-refractivity contribution in [3.63, 3.8) is 0 Å². The van der Waals surface area contributed by atoms with Gasteiger partial charge >= 0.3 is 6.03 Å². The minimum atomic E-state index is -0.712. The van der Waals surface area contributed by atoms with Crippen LogP contribution in [0.1, 0.15) is 23.6 Å². The van der Waals surface area contributed by atoms with Gasteiger partial charge in [0.25, 0.3) is 0 Å². The third-order valence-corrected chi connectivity index (χ3v) is 6.23. The van der Waals surface area contributed by atoms with E-state index in [-0.39, 0.29) is 23.6 Å². The number of thioether (sulfide) groups is 1. The third-order valence-electron chi connectivity index (χ3n) is 5.59. The van der Waals surface area contributed by atoms with E-state index >= 15 is 0 Å². The molecule has 3 rings (SSSR count). The summed E-state index contributed by atoms with van der Waals surface area (Å²) in [7, 11) is 0. The second kappa shape index (κ2) is 11.3. The number of halogens is 2. The average molecular weight is 463 g/mol. The van der Waals surface area contributed by atoms with E-state index in [0.29, 0.717) is 32.6 Å². The predicted octanol–water partition coefficient (Wildman–Crippen LogP) is 2.99. The van der Waals surface area contributed by atoms with Gasteiger partial charge in [-0.2, -0.15) is 11.8 Å². The van der Waals surface area contributed by atoms with Crippen LogP contribution < -0.4 is 11.1 Å². The molecule has 0 spiro atoms. The number of hydrogen-bond donors (Lipinski definition) is 2. The minimum Gasteiger partial charge on any atom is -0.352 e. The molecule has 9 heteroatoms. The number of nitrogens with one attached hydrogen (secondary N) is 1. The summed E-state index contributed by atoms with van der Waals surface area (Å²) in [5.41, 5.74) is 7.04. The van der Waals surface area contributed by atoms with E-state index in [2.05, 4.69) is 10.2 Å². The average Bonchev–Trinajstić information content (AvgIpc) is 2.79. The minimum absolute atomic E-state index is 0.141. The highest BCUT2D eigenvalue weighted by molar-refractivity contribution is 7.98. The van der Waals surface area contributed by atoms with Gasteiger partial charge < -0.3 is 16.0 Å². The van der Waals surface area contributed by atoms with Crippen LogP contribution in [0.5, 0.6) is 0 Å². The molecule has 1 aliphatic heterocycles. The molecule has 32 heavy (non-hydrogen) atoms. The summed E-state index contributed by atoms with van der Waals surface area (Å²) in [4.78, 5) is 28.2. The molecule has 0 radical (unpaired) electrons. The van der Waals surface area contributed by atoms with Gasteiger partial charge in [-0.05, 0) is 53.8 Å². The van der Waals surface area contributed by atoms with Crippen LogP contribution in [0.3, 0.4) is 0 Å². The smallest absolute Gasteiger partial charge is 0.312 e. The summed E-state index contributed by atoms with van der Waals surface area (Å²) in [5.74, 6) is -0.0495. The molecule has 1 saturated heterocycles. The Kier molecular flexibility index (Phi) is 8.46. The van der Waals surface area contributed by atoms with E-state index in [4.69, 9.17) is 5.73 Å². The maximum absolute atomic E-state index is 13.5. The Balaban J connectivity index is 1.74. The molecule has 0 aliphatic carbocycles. The lowest BCUT2D eigenvalue weighted by Gasteiger charge is -2.40. The molecular weight excluding hydrogens is 434 g/mol. The van der Waals surface area contributed by atoms with Crippen molar-refractivity contribution in [2.45, 2.75) is 18.5 Å². The number of nitrogens with zero attached hydrogens (tertiary/aromatic N) is 2. The van der Waals surface area contributed by atoms with Crippen LogP contribution in [-0.2, 0) is 4.79 Å². The number of urea groups is 1. The van der Waals surface area contributed by atoms with Crippen molar-refractivity contribution >= 4 is 23.7 Å². The van der Waals surface area contributed by atoms with Crippen LogP contribution in [0.2, 0.25) is 0 Å². The molecule has 3 amide bonds. The van der Waals surface area contributed by atoms with Crippen LogP contribution in [0.15, 0.2) is 48.5 Å². The first kappa shape index (κ1) is 24.0. The monoisotopic (exact) mass is 462 g/mol. The largest absolute Gasteiger partial charge is 0.352 e. The van der Waals surface area contributed by atoms with Gasteiger partial charge in [-0.15, -0.1) is 0 Å². The number of rotatable bonds is 8. The summed E-state index contributed by atoms with van der Waals surface area (Å²) in [6.07, 6.45) is 2.45. The first-order valence-corrected chi connectivity index (χ1v) is 11.9. The van der Waals surface area contributed by atoms with Crippen molar-refractivity contribution in [2.75, 3.05) is 38.2 Å². The summed E-state index contributed by atoms with van der Waals surface area (Å²) >= 11 is 1.60. The lowest BCUT2D eigenvalue weighted by atomic mass is 9.96. The van der Waals surface area contributed by atoms with Gasteiger partial charge in [-0.25, -0.2) is 13.6 Å². The highest BCUT2D eigenvalue weighted by Gasteiger charge is 2.31. The van der Waals surface area contributed by atoms with E-state index in [0.717, 1.165) is 16.9 Å². The van der Waals surface area contributed by atoms with Crippen LogP contribution in [-0.4, -0.2) is 66.0 Å². The highest BCUT2D eigenvalue weighted by Crippen LogP contribution is 2.30. The van der Waals surface area contributed by atoms with Gasteiger partial charge in [-0.1, -0.05) is 24.3 Å². The second-order valence-corrected chi connectivity index (χ2v) is 8.70. The molecule has 1 fully saturated rings. The summed E-state index contributed by atoms with van der Waals surface area (Å²) in [6.45, 7) is 2.12. The molecule has 172 valence electrons. The Morgan fingerprint density at radius 3 is 1.91 bits per heavy atom. The van der Waals surface area contributed by atoms with E-state index in [1.54, 1.807) is 40.9 Å². The normalized spacial score (nSPS) is 15.6. The molecule has 1 unspecified atom stereocenters. The van der Waals surface area contributed by atoms with Gasteiger partial charge in [0, 0.05) is 26.2 Å². The third kappa shape index (κ3) is 6.20. The number of piperazine rings is 1. The highest BCUT2D eigenvalue weighted by atomic mass is 32.2. The maximum Gasteiger partial charge on any atom is 0.312 e. The molecule has 6 nitrogen and oxygen atoms in total. The molecule has 2 aromatic rings. The van der Waals surface area contributed by atoms with Gasteiger partial charge in [0.2, 0.25) is 5.91 Å². The number of primary amides is 1. The number of benzene rings is 2. The summed E-state index contributed by atoms with van der Waals surface area (Å²) in [5, 5.41) is 2.56. The Morgan fingerprint density at radius 2 is 1.47 bits per heavy atom. The summed E-state index contributed by atoms with van der Waals surface area (Å²) < 4.78 is 27.0. The second-order valence-electron chi connectivity index (χ2n) is 7.71. The van der Waals surface area contributed by atoms with Crippen molar-refractivity contribution < 1.29 is 18.4 Å². The van der Waals surface area contributed by atoms with Crippen LogP contribution >= 0.6 is 11.8 Å².